The number of hydrogen-bond donors (Lipinski definition) is 1. The minimum atomic E-state index is -0.948. The van der Waals surface area contributed by atoms with E-state index in [0.29, 0.717) is 9.34 Å². The predicted molar refractivity (Wildman–Crippen MR) is 57.4 cm³/mol. The molecule has 72 valence electrons. The fraction of sp³-hybridized carbons (Fsp3) is 0. The number of nitrogens with zero attached hydrogens (tertiary/aromatic N) is 1. The van der Waals surface area contributed by atoms with Crippen molar-refractivity contribution in [1.29, 1.82) is 0 Å². The number of hydrogen-bond acceptors (Lipinski definition) is 4. The van der Waals surface area contributed by atoms with Gasteiger partial charge in [0.2, 0.25) is 0 Å². The first kappa shape index (κ1) is 9.64. The highest BCUT2D eigenvalue weighted by molar-refractivity contribution is 7.24. The second kappa shape index (κ2) is 3.68. The van der Waals surface area contributed by atoms with E-state index in [1.54, 1.807) is 6.07 Å². The van der Waals surface area contributed by atoms with Gasteiger partial charge in [-0.3, -0.25) is 0 Å². The molecule has 6 heteroatoms. The van der Waals surface area contributed by atoms with Crippen LogP contribution in [0.2, 0.25) is 4.34 Å². The van der Waals surface area contributed by atoms with Crippen molar-refractivity contribution in [2.24, 2.45) is 0 Å². The topological polar surface area (TPSA) is 50.2 Å². The van der Waals surface area contributed by atoms with Crippen LogP contribution in [-0.4, -0.2) is 16.1 Å². The molecule has 0 saturated heterocycles. The van der Waals surface area contributed by atoms with E-state index in [9.17, 15) is 4.79 Å². The Bertz CT molecular complexity index is 477. The highest BCUT2D eigenvalue weighted by atomic mass is 35.5. The largest absolute Gasteiger partial charge is 0.477 e. The van der Waals surface area contributed by atoms with Crippen LogP contribution in [-0.2, 0) is 0 Å². The molecule has 2 rings (SSSR count). The number of aromatic nitrogens is 1. The fourth-order valence-corrected chi connectivity index (χ4v) is 2.78. The quantitative estimate of drug-likeness (QED) is 0.884. The molecule has 2 aromatic rings. The van der Waals surface area contributed by atoms with Crippen molar-refractivity contribution in [3.05, 3.63) is 27.5 Å². The predicted octanol–water partition coefficient (Wildman–Crippen LogP) is 3.22. The van der Waals surface area contributed by atoms with Crippen LogP contribution >= 0.6 is 34.3 Å². The Labute approximate surface area is 92.6 Å². The zero-order valence-corrected chi connectivity index (χ0v) is 9.12. The van der Waals surface area contributed by atoms with Crippen LogP contribution in [0, 0.1) is 0 Å². The Morgan fingerprint density at radius 1 is 1.43 bits per heavy atom. The molecule has 0 bridgehead atoms. The summed E-state index contributed by atoms with van der Waals surface area (Å²) in [6.45, 7) is 0. The van der Waals surface area contributed by atoms with Crippen LogP contribution in [0.15, 0.2) is 18.3 Å². The Hall–Kier alpha value is -0.910. The van der Waals surface area contributed by atoms with E-state index in [4.69, 9.17) is 16.7 Å². The molecule has 0 unspecified atom stereocenters. The van der Waals surface area contributed by atoms with E-state index in [-0.39, 0.29) is 4.88 Å². The highest BCUT2D eigenvalue weighted by Gasteiger charge is 2.11. The number of carboxylic acids is 1. The molecule has 0 aromatic carbocycles. The van der Waals surface area contributed by atoms with Gasteiger partial charge in [-0.05, 0) is 12.1 Å². The average Bonchev–Trinajstić information content (AvgIpc) is 2.70. The van der Waals surface area contributed by atoms with Crippen LogP contribution in [0.25, 0.3) is 9.88 Å². The molecule has 0 aliphatic heterocycles. The Kier molecular flexibility index (Phi) is 2.54. The molecule has 1 N–H and O–H groups in total. The van der Waals surface area contributed by atoms with Crippen LogP contribution in [0.4, 0.5) is 0 Å². The van der Waals surface area contributed by atoms with E-state index in [2.05, 4.69) is 4.98 Å². The lowest BCUT2D eigenvalue weighted by atomic mass is 10.5. The van der Waals surface area contributed by atoms with Gasteiger partial charge in [-0.1, -0.05) is 11.6 Å². The smallest absolute Gasteiger partial charge is 0.347 e. The summed E-state index contributed by atoms with van der Waals surface area (Å²) in [6, 6.07) is 3.60. The minimum absolute atomic E-state index is 0.240. The second-order valence-corrected chi connectivity index (χ2v) is 5.18. The van der Waals surface area contributed by atoms with E-state index in [1.807, 2.05) is 6.07 Å². The molecule has 0 amide bonds. The lowest BCUT2D eigenvalue weighted by molar-refractivity contribution is 0.0702. The highest BCUT2D eigenvalue weighted by Crippen LogP contribution is 2.33. The molecule has 0 fully saturated rings. The molecule has 2 heterocycles. The summed E-state index contributed by atoms with van der Waals surface area (Å²) in [4.78, 5) is 15.7. The number of rotatable bonds is 2. The average molecular weight is 246 g/mol. The van der Waals surface area contributed by atoms with Gasteiger partial charge in [0.15, 0.2) is 0 Å². The summed E-state index contributed by atoms with van der Waals surface area (Å²) in [7, 11) is 0. The Balaban J connectivity index is 2.38. The van der Waals surface area contributed by atoms with Gasteiger partial charge in [0.1, 0.15) is 9.88 Å². The number of halogens is 1. The van der Waals surface area contributed by atoms with Gasteiger partial charge in [0.05, 0.1) is 15.4 Å². The van der Waals surface area contributed by atoms with Crippen LogP contribution in [0.3, 0.4) is 0 Å². The van der Waals surface area contributed by atoms with Crippen molar-refractivity contribution in [3.8, 4) is 9.88 Å². The minimum Gasteiger partial charge on any atom is -0.477 e. The van der Waals surface area contributed by atoms with Crippen molar-refractivity contribution < 1.29 is 9.90 Å². The maximum absolute atomic E-state index is 10.6. The standard InChI is InChI=1S/C8H4ClNO2S2/c9-6-2-1-4(13-6)7-10-3-5(14-7)8(11)12/h1-3H,(H,11,12). The normalized spacial score (nSPS) is 10.4. The fourth-order valence-electron chi connectivity index (χ4n) is 0.916. The summed E-state index contributed by atoms with van der Waals surface area (Å²) in [5.41, 5.74) is 0. The van der Waals surface area contributed by atoms with Gasteiger partial charge in [-0.15, -0.1) is 22.7 Å². The van der Waals surface area contributed by atoms with Crippen LogP contribution in [0.1, 0.15) is 9.67 Å². The van der Waals surface area contributed by atoms with Gasteiger partial charge < -0.3 is 5.11 Å². The Morgan fingerprint density at radius 2 is 2.21 bits per heavy atom. The summed E-state index contributed by atoms with van der Waals surface area (Å²) in [5, 5.41) is 9.39. The third-order valence-corrected chi connectivity index (χ3v) is 3.89. The van der Waals surface area contributed by atoms with Crippen molar-refractivity contribution in [2.45, 2.75) is 0 Å². The van der Waals surface area contributed by atoms with Crippen molar-refractivity contribution in [2.75, 3.05) is 0 Å². The van der Waals surface area contributed by atoms with Gasteiger partial charge in [0, 0.05) is 0 Å². The zero-order chi connectivity index (χ0) is 10.1. The monoisotopic (exact) mass is 245 g/mol. The van der Waals surface area contributed by atoms with Crippen LogP contribution < -0.4 is 0 Å². The summed E-state index contributed by atoms with van der Waals surface area (Å²) >= 11 is 8.29. The summed E-state index contributed by atoms with van der Waals surface area (Å²) in [6.07, 6.45) is 1.36. The van der Waals surface area contributed by atoms with Gasteiger partial charge in [-0.25, -0.2) is 9.78 Å². The SMILES string of the molecule is O=C(O)c1cnc(-c2ccc(Cl)s2)s1. The lowest BCUT2D eigenvalue weighted by Crippen LogP contribution is -1.89. The maximum atomic E-state index is 10.6. The van der Waals surface area contributed by atoms with Crippen molar-refractivity contribution in [3.63, 3.8) is 0 Å². The van der Waals surface area contributed by atoms with Crippen molar-refractivity contribution in [1.82, 2.24) is 4.98 Å². The van der Waals surface area contributed by atoms with E-state index in [0.717, 1.165) is 16.2 Å². The van der Waals surface area contributed by atoms with Crippen LogP contribution in [0.5, 0.6) is 0 Å². The number of aromatic carboxylic acids is 1. The first-order valence-corrected chi connectivity index (χ1v) is 5.63. The van der Waals surface area contributed by atoms with Gasteiger partial charge >= 0.3 is 5.97 Å². The molecule has 3 nitrogen and oxygen atoms in total. The molecule has 0 aliphatic carbocycles. The van der Waals surface area contributed by atoms with Gasteiger partial charge in [-0.2, -0.15) is 0 Å². The molecule has 0 spiro atoms. The molecule has 0 radical (unpaired) electrons. The number of thiazole rings is 1. The number of thiophene rings is 1. The summed E-state index contributed by atoms with van der Waals surface area (Å²) in [5.74, 6) is -0.948. The van der Waals surface area contributed by atoms with E-state index >= 15 is 0 Å². The molecule has 2 aromatic heterocycles. The molecule has 0 saturated carbocycles. The molecule has 0 atom stereocenters. The molecule has 14 heavy (non-hydrogen) atoms. The third kappa shape index (κ3) is 1.79. The first-order chi connectivity index (χ1) is 6.66. The first-order valence-electron chi connectivity index (χ1n) is 3.61. The summed E-state index contributed by atoms with van der Waals surface area (Å²) < 4.78 is 0.673. The third-order valence-electron chi connectivity index (χ3n) is 1.50. The molecular weight excluding hydrogens is 242 g/mol. The maximum Gasteiger partial charge on any atom is 0.347 e. The molecular formula is C8H4ClNO2S2. The number of carbonyl (C=O) groups is 1. The van der Waals surface area contributed by atoms with E-state index in [1.165, 1.54) is 17.5 Å². The lowest BCUT2D eigenvalue weighted by Gasteiger charge is -1.85. The zero-order valence-electron chi connectivity index (χ0n) is 6.73. The molecule has 0 aliphatic rings. The van der Waals surface area contributed by atoms with E-state index < -0.39 is 5.97 Å². The second-order valence-electron chi connectivity index (χ2n) is 2.44. The Morgan fingerprint density at radius 3 is 2.71 bits per heavy atom. The van der Waals surface area contributed by atoms with Gasteiger partial charge in [0.25, 0.3) is 0 Å². The van der Waals surface area contributed by atoms with Crippen molar-refractivity contribution >= 4 is 40.2 Å². The number of carboxylic acid groups (broad SMARTS) is 1.